The molecule has 4 rings (SSSR count). The van der Waals surface area contributed by atoms with Crippen LogP contribution in [0.3, 0.4) is 0 Å². The van der Waals surface area contributed by atoms with Crippen LogP contribution >= 0.6 is 0 Å². The first-order valence-electron chi connectivity index (χ1n) is 12.2. The van der Waals surface area contributed by atoms with Crippen LogP contribution in [0.25, 0.3) is 5.57 Å². The highest BCUT2D eigenvalue weighted by atomic mass is 19.4. The van der Waals surface area contributed by atoms with E-state index in [1.807, 2.05) is 19.9 Å². The van der Waals surface area contributed by atoms with Gasteiger partial charge in [0.15, 0.2) is 0 Å². The number of halogens is 3. The molecule has 0 saturated carbocycles. The van der Waals surface area contributed by atoms with Crippen molar-refractivity contribution in [1.82, 2.24) is 4.90 Å². The van der Waals surface area contributed by atoms with E-state index in [9.17, 15) is 27.9 Å². The van der Waals surface area contributed by atoms with E-state index in [0.717, 1.165) is 17.7 Å². The van der Waals surface area contributed by atoms with Crippen LogP contribution in [0.4, 0.5) is 29.3 Å². The molecule has 2 aliphatic rings. The molecule has 0 saturated heterocycles. The quantitative estimate of drug-likeness (QED) is 0.501. The number of benzene rings is 2. The Hall–Kier alpha value is -3.53. The number of carbonyl (C=O) groups is 2. The molecular weight excluding hydrogens is 487 g/mol. The molecule has 10 heteroatoms. The van der Waals surface area contributed by atoms with Crippen molar-refractivity contribution in [3.63, 3.8) is 0 Å². The molecule has 0 bridgehead atoms. The third-order valence-corrected chi connectivity index (χ3v) is 7.09. The molecule has 0 spiro atoms. The largest absolute Gasteiger partial charge is 0.486 e. The zero-order chi connectivity index (χ0) is 27.0. The highest BCUT2D eigenvalue weighted by molar-refractivity contribution is 6.05. The summed E-state index contributed by atoms with van der Waals surface area (Å²) < 4.78 is 46.0. The van der Waals surface area contributed by atoms with Crippen molar-refractivity contribution < 1.29 is 32.6 Å². The number of rotatable bonds is 6. The second kappa shape index (κ2) is 10.1. The second-order valence-electron chi connectivity index (χ2n) is 9.37. The maximum Gasteiger partial charge on any atom is 0.416 e. The summed E-state index contributed by atoms with van der Waals surface area (Å²) in [4.78, 5) is 28.6. The predicted molar refractivity (Wildman–Crippen MR) is 134 cm³/mol. The molecule has 37 heavy (non-hydrogen) atoms. The van der Waals surface area contributed by atoms with Crippen molar-refractivity contribution in [2.24, 2.45) is 0 Å². The van der Waals surface area contributed by atoms with E-state index in [1.165, 1.54) is 21.9 Å². The number of anilines is 2. The Bertz CT molecular complexity index is 1240. The van der Waals surface area contributed by atoms with Gasteiger partial charge < -0.3 is 20.1 Å². The molecule has 3 amide bonds. The lowest BCUT2D eigenvalue weighted by Gasteiger charge is -2.39. The van der Waals surface area contributed by atoms with Gasteiger partial charge in [0, 0.05) is 43.9 Å². The average molecular weight is 518 g/mol. The number of ether oxygens (including phenoxy) is 1. The van der Waals surface area contributed by atoms with Crippen molar-refractivity contribution in [1.29, 1.82) is 0 Å². The monoisotopic (exact) mass is 517 g/mol. The Balaban J connectivity index is 1.62. The lowest BCUT2D eigenvalue weighted by atomic mass is 9.83. The van der Waals surface area contributed by atoms with Crippen molar-refractivity contribution in [3.05, 3.63) is 59.2 Å². The van der Waals surface area contributed by atoms with E-state index < -0.39 is 23.2 Å². The first kappa shape index (κ1) is 26.5. The van der Waals surface area contributed by atoms with Crippen LogP contribution in [0.15, 0.2) is 42.5 Å². The molecule has 2 aromatic carbocycles. The number of alkyl halides is 3. The summed E-state index contributed by atoms with van der Waals surface area (Å²) in [6.45, 7) is 4.25. The highest BCUT2D eigenvalue weighted by Gasteiger charge is 2.38. The Morgan fingerprint density at radius 3 is 2.57 bits per heavy atom. The molecule has 0 aliphatic carbocycles. The zero-order valence-electron chi connectivity index (χ0n) is 21.0. The van der Waals surface area contributed by atoms with E-state index in [2.05, 4.69) is 5.32 Å². The molecule has 0 unspecified atom stereocenters. The lowest BCUT2D eigenvalue weighted by molar-refractivity contribution is -0.137. The summed E-state index contributed by atoms with van der Waals surface area (Å²) in [6, 6.07) is 8.34. The fourth-order valence-electron chi connectivity index (χ4n) is 4.84. The molecule has 0 atom stereocenters. The summed E-state index contributed by atoms with van der Waals surface area (Å²) in [5, 5.41) is 12.0. The number of hydrogen-bond acceptors (Lipinski definition) is 4. The SMILES string of the molecule is CCC1(CC)C/C(=C\C(=O)Nc2ccc3c(c2)N(C)C(=O)N(CCO)C3)c2ccc(C(F)(F)F)cc2O1. The topological polar surface area (TPSA) is 82.1 Å². The van der Waals surface area contributed by atoms with E-state index in [4.69, 9.17) is 4.74 Å². The van der Waals surface area contributed by atoms with Crippen LogP contribution in [-0.2, 0) is 17.5 Å². The van der Waals surface area contributed by atoms with Gasteiger partial charge in [-0.2, -0.15) is 13.2 Å². The maximum absolute atomic E-state index is 13.3. The molecule has 2 heterocycles. The van der Waals surface area contributed by atoms with Crippen LogP contribution < -0.4 is 15.0 Å². The van der Waals surface area contributed by atoms with Crippen molar-refractivity contribution in [3.8, 4) is 5.75 Å². The number of amides is 3. The molecule has 0 radical (unpaired) electrons. The van der Waals surface area contributed by atoms with Crippen molar-refractivity contribution in [2.75, 3.05) is 30.4 Å². The number of carbonyl (C=O) groups excluding carboxylic acids is 2. The maximum atomic E-state index is 13.3. The van der Waals surface area contributed by atoms with Gasteiger partial charge in [-0.1, -0.05) is 26.0 Å². The van der Waals surface area contributed by atoms with Gasteiger partial charge in [0.25, 0.3) is 0 Å². The molecule has 2 N–H and O–H groups in total. The van der Waals surface area contributed by atoms with Gasteiger partial charge in [-0.05, 0) is 48.2 Å². The number of nitrogens with one attached hydrogen (secondary N) is 1. The van der Waals surface area contributed by atoms with Gasteiger partial charge in [-0.15, -0.1) is 0 Å². The van der Waals surface area contributed by atoms with Gasteiger partial charge in [0.2, 0.25) is 5.91 Å². The highest BCUT2D eigenvalue weighted by Crippen LogP contribution is 2.45. The number of aliphatic hydroxyl groups is 1. The van der Waals surface area contributed by atoms with Crippen molar-refractivity contribution in [2.45, 2.75) is 51.4 Å². The lowest BCUT2D eigenvalue weighted by Crippen LogP contribution is -2.46. The molecule has 2 aromatic rings. The normalized spacial score (nSPS) is 17.8. The number of nitrogens with zero attached hydrogens (tertiary/aromatic N) is 2. The van der Waals surface area contributed by atoms with Gasteiger partial charge in [-0.3, -0.25) is 9.69 Å². The minimum Gasteiger partial charge on any atom is -0.486 e. The van der Waals surface area contributed by atoms with Gasteiger partial charge in [-0.25, -0.2) is 4.79 Å². The smallest absolute Gasteiger partial charge is 0.416 e. The Morgan fingerprint density at radius 2 is 1.92 bits per heavy atom. The summed E-state index contributed by atoms with van der Waals surface area (Å²) in [5.74, 6) is -0.319. The number of urea groups is 1. The third kappa shape index (κ3) is 5.29. The zero-order valence-corrected chi connectivity index (χ0v) is 21.0. The molecule has 7 nitrogen and oxygen atoms in total. The number of β-amino-alcohol motifs (C(OH)–C–C–N with tert-alkyl or cyclic N) is 1. The average Bonchev–Trinajstić information content (AvgIpc) is 2.86. The van der Waals surface area contributed by atoms with E-state index in [-0.39, 0.29) is 24.9 Å². The van der Waals surface area contributed by atoms with Crippen LogP contribution in [0.1, 0.15) is 49.8 Å². The molecule has 2 aliphatic heterocycles. The van der Waals surface area contributed by atoms with E-state index in [1.54, 1.807) is 19.2 Å². The standard InChI is InChI=1S/C27H30F3N3O4/c1-4-26(5-2)15-18(21-9-7-19(27(28,29)30)13-23(21)37-26)12-24(35)31-20-8-6-17-16-33(10-11-34)25(36)32(3)22(17)14-20/h6-9,12-14,34H,4-5,10-11,15-16H2,1-3H3,(H,31,35)/b18-12+. The fraction of sp³-hybridized carbons (Fsp3) is 0.407. The molecule has 198 valence electrons. The Kier molecular flexibility index (Phi) is 7.23. The van der Waals surface area contributed by atoms with Crippen LogP contribution in [0.2, 0.25) is 0 Å². The Labute approximate surface area is 213 Å². The summed E-state index contributed by atoms with van der Waals surface area (Å²) in [7, 11) is 1.63. The van der Waals surface area contributed by atoms with E-state index >= 15 is 0 Å². The number of aliphatic hydroxyl groups excluding tert-OH is 1. The van der Waals surface area contributed by atoms with Crippen molar-refractivity contribution >= 4 is 28.9 Å². The first-order valence-corrected chi connectivity index (χ1v) is 12.2. The summed E-state index contributed by atoms with van der Waals surface area (Å²) in [6.07, 6.45) is -1.58. The third-order valence-electron chi connectivity index (χ3n) is 7.09. The fourth-order valence-corrected chi connectivity index (χ4v) is 4.84. The summed E-state index contributed by atoms with van der Waals surface area (Å²) >= 11 is 0. The predicted octanol–water partition coefficient (Wildman–Crippen LogP) is 5.43. The van der Waals surface area contributed by atoms with Gasteiger partial charge in [0.1, 0.15) is 11.4 Å². The van der Waals surface area contributed by atoms with Gasteiger partial charge >= 0.3 is 12.2 Å². The molecule has 0 fully saturated rings. The number of fused-ring (bicyclic) bond motifs is 2. The Morgan fingerprint density at radius 1 is 1.19 bits per heavy atom. The first-order chi connectivity index (χ1) is 17.5. The number of hydrogen-bond donors (Lipinski definition) is 2. The molecule has 0 aromatic heterocycles. The minimum absolute atomic E-state index is 0.116. The van der Waals surface area contributed by atoms with Gasteiger partial charge in [0.05, 0.1) is 17.9 Å². The van der Waals surface area contributed by atoms with Crippen LogP contribution in [0, 0.1) is 0 Å². The summed E-state index contributed by atoms with van der Waals surface area (Å²) in [5.41, 5.74) is 1.55. The second-order valence-corrected chi connectivity index (χ2v) is 9.37. The molecular formula is C27H30F3N3O4. The minimum atomic E-state index is -4.51. The van der Waals surface area contributed by atoms with Crippen LogP contribution in [0.5, 0.6) is 5.75 Å². The van der Waals surface area contributed by atoms with Crippen LogP contribution in [-0.4, -0.2) is 47.7 Å². The van der Waals surface area contributed by atoms with E-state index in [0.29, 0.717) is 48.3 Å².